The van der Waals surface area contributed by atoms with Crippen molar-refractivity contribution in [2.24, 2.45) is 0 Å². The van der Waals surface area contributed by atoms with Crippen LogP contribution in [0.3, 0.4) is 0 Å². The molecule has 7 aromatic rings. The highest BCUT2D eigenvalue weighted by Crippen LogP contribution is 2.50. The lowest BCUT2D eigenvalue weighted by Crippen LogP contribution is -2.47. The van der Waals surface area contributed by atoms with E-state index < -0.39 is 0 Å². The van der Waals surface area contributed by atoms with Gasteiger partial charge in [0, 0.05) is 67.9 Å². The van der Waals surface area contributed by atoms with Crippen LogP contribution in [0.2, 0.25) is 0 Å². The number of aryl methyl sites for hydroxylation is 1. The van der Waals surface area contributed by atoms with E-state index in [9.17, 15) is 19.2 Å². The molecule has 5 aromatic carbocycles. The smallest absolute Gasteiger partial charge is 0.263 e. The van der Waals surface area contributed by atoms with Crippen LogP contribution >= 0.6 is 0 Å². The summed E-state index contributed by atoms with van der Waals surface area (Å²) in [6.07, 6.45) is 13.5. The van der Waals surface area contributed by atoms with Gasteiger partial charge in [-0.3, -0.25) is 38.9 Å². The number of benzene rings is 5. The van der Waals surface area contributed by atoms with Gasteiger partial charge in [0.2, 0.25) is 6.41 Å². The summed E-state index contributed by atoms with van der Waals surface area (Å²) in [5.74, 6) is -0.883. The van der Waals surface area contributed by atoms with Crippen LogP contribution in [0.15, 0.2) is 85.2 Å². The molecule has 0 unspecified atom stereocenters. The van der Waals surface area contributed by atoms with Gasteiger partial charge >= 0.3 is 0 Å². The van der Waals surface area contributed by atoms with Crippen LogP contribution in [-0.4, -0.2) is 56.0 Å². The summed E-state index contributed by atoms with van der Waals surface area (Å²) >= 11 is 0. The van der Waals surface area contributed by atoms with Gasteiger partial charge in [-0.25, -0.2) is 0 Å². The molecule has 8 nitrogen and oxygen atoms in total. The Bertz CT molecular complexity index is 2710. The molecule has 2 fully saturated rings. The largest absolute Gasteiger partial charge is 0.278 e. The lowest BCUT2D eigenvalue weighted by atomic mass is 9.81. The summed E-state index contributed by atoms with van der Waals surface area (Å²) in [6.45, 7) is 1.96. The monoisotopic (exact) mass is 724 g/mol. The van der Waals surface area contributed by atoms with Crippen molar-refractivity contribution in [3.8, 4) is 22.3 Å². The van der Waals surface area contributed by atoms with Gasteiger partial charge in [-0.1, -0.05) is 99.2 Å². The Morgan fingerprint density at radius 2 is 1.18 bits per heavy atom. The van der Waals surface area contributed by atoms with E-state index in [0.29, 0.717) is 39.5 Å². The molecule has 3 aliphatic rings. The van der Waals surface area contributed by atoms with Crippen LogP contribution in [0.5, 0.6) is 0 Å². The molecule has 2 aromatic heterocycles. The number of carbonyl (C=O) groups excluding carboxylic acids is 4. The highest BCUT2D eigenvalue weighted by atomic mass is 16.2. The summed E-state index contributed by atoms with van der Waals surface area (Å²) in [5.41, 5.74) is 6.84. The number of pyridine rings is 2. The molecule has 0 bridgehead atoms. The van der Waals surface area contributed by atoms with E-state index in [2.05, 4.69) is 0 Å². The minimum Gasteiger partial charge on any atom is -0.278 e. The molecule has 8 heteroatoms. The maximum atomic E-state index is 14.8. The van der Waals surface area contributed by atoms with E-state index in [1.54, 1.807) is 12.4 Å². The predicted molar refractivity (Wildman–Crippen MR) is 215 cm³/mol. The lowest BCUT2D eigenvalue weighted by Gasteiger charge is -2.36. The number of hydrogen-bond acceptors (Lipinski definition) is 6. The second-order valence-electron chi connectivity index (χ2n) is 15.6. The Labute approximate surface area is 318 Å². The van der Waals surface area contributed by atoms with Crippen molar-refractivity contribution in [3.05, 3.63) is 107 Å². The zero-order valence-corrected chi connectivity index (χ0v) is 30.8. The Balaban J connectivity index is 1.36. The fourth-order valence-electron chi connectivity index (χ4n) is 9.96. The molecule has 1 aliphatic heterocycles. The summed E-state index contributed by atoms with van der Waals surface area (Å²) in [4.78, 5) is 70.1. The van der Waals surface area contributed by atoms with Gasteiger partial charge in [-0.05, 0) is 72.6 Å². The Morgan fingerprint density at radius 1 is 0.636 bits per heavy atom. The van der Waals surface area contributed by atoms with E-state index in [1.807, 2.05) is 79.7 Å². The molecule has 0 spiro atoms. The average molecular weight is 725 g/mol. The Kier molecular flexibility index (Phi) is 7.98. The molecule has 2 aliphatic carbocycles. The predicted octanol–water partition coefficient (Wildman–Crippen LogP) is 10.0. The van der Waals surface area contributed by atoms with Gasteiger partial charge < -0.3 is 0 Å². The molecule has 272 valence electrons. The third kappa shape index (κ3) is 5.03. The summed E-state index contributed by atoms with van der Waals surface area (Å²) in [5, 5.41) is 4.40. The number of aromatic nitrogens is 2. The molecule has 0 N–H and O–H groups in total. The normalized spacial score (nSPS) is 16.9. The highest BCUT2D eigenvalue weighted by molar-refractivity contribution is 6.41. The van der Waals surface area contributed by atoms with Crippen molar-refractivity contribution >= 4 is 67.5 Å². The number of carbonyl (C=O) groups is 4. The van der Waals surface area contributed by atoms with E-state index in [1.165, 1.54) is 9.80 Å². The van der Waals surface area contributed by atoms with Crippen molar-refractivity contribution in [3.63, 3.8) is 0 Å². The molecule has 4 amide bonds. The van der Waals surface area contributed by atoms with E-state index >= 15 is 0 Å². The number of amides is 4. The maximum absolute atomic E-state index is 14.8. The fourth-order valence-corrected chi connectivity index (χ4v) is 9.96. The van der Waals surface area contributed by atoms with Gasteiger partial charge in [-0.15, -0.1) is 0 Å². The number of hydrogen-bond donors (Lipinski definition) is 0. The second kappa shape index (κ2) is 13.1. The number of rotatable bonds is 6. The summed E-state index contributed by atoms with van der Waals surface area (Å²) in [6, 6.07) is 23.5. The fraction of sp³-hybridized carbons (Fsp3) is 0.277. The quantitative estimate of drug-likeness (QED) is 0.0733. The van der Waals surface area contributed by atoms with Crippen LogP contribution < -0.4 is 0 Å². The van der Waals surface area contributed by atoms with E-state index in [-0.39, 0.29) is 29.8 Å². The molecule has 55 heavy (non-hydrogen) atoms. The average Bonchev–Trinajstić information content (AvgIpc) is 3.24. The van der Waals surface area contributed by atoms with Gasteiger partial charge in [0.25, 0.3) is 17.7 Å². The molecule has 10 rings (SSSR count). The molecular formula is C47H40N4O4. The van der Waals surface area contributed by atoms with E-state index in [0.717, 1.165) is 119 Å². The van der Waals surface area contributed by atoms with Gasteiger partial charge in [0.05, 0.1) is 16.6 Å². The first kappa shape index (κ1) is 33.5. The van der Waals surface area contributed by atoms with Crippen molar-refractivity contribution in [2.75, 3.05) is 0 Å². The van der Waals surface area contributed by atoms with Crippen molar-refractivity contribution in [1.82, 2.24) is 19.8 Å². The topological polar surface area (TPSA) is 101 Å². The highest BCUT2D eigenvalue weighted by Gasteiger charge is 2.40. The van der Waals surface area contributed by atoms with Crippen LogP contribution in [0.25, 0.3) is 65.6 Å². The third-order valence-corrected chi connectivity index (χ3v) is 12.5. The molecule has 3 heterocycles. The number of imide groups is 2. The minimum absolute atomic E-state index is 0.149. The molecule has 0 atom stereocenters. The first-order valence-electron chi connectivity index (χ1n) is 19.7. The Morgan fingerprint density at radius 3 is 1.80 bits per heavy atom. The molecule has 0 saturated heterocycles. The van der Waals surface area contributed by atoms with Crippen LogP contribution in [0.4, 0.5) is 0 Å². The van der Waals surface area contributed by atoms with Gasteiger partial charge in [-0.2, -0.15) is 0 Å². The first-order chi connectivity index (χ1) is 27.0. The third-order valence-electron chi connectivity index (χ3n) is 12.5. The number of fused-ring (bicyclic) bond motifs is 2. The second-order valence-corrected chi connectivity index (χ2v) is 15.6. The molecule has 2 saturated carbocycles. The SMILES string of the molecule is Cc1cnc2c3c(-c4ccccc4)cc4c5c(cnc(c6c(-c7ccccc7)cc(C(=O)N(C=O)C7CCCCC7)c1c26)c53)C(=O)N(C1CCCCC1)C4=O. The van der Waals surface area contributed by atoms with Crippen LogP contribution in [-0.2, 0) is 4.79 Å². The van der Waals surface area contributed by atoms with Crippen molar-refractivity contribution in [1.29, 1.82) is 0 Å². The lowest BCUT2D eigenvalue weighted by molar-refractivity contribution is -0.118. The van der Waals surface area contributed by atoms with Gasteiger partial charge in [0.1, 0.15) is 0 Å². The zero-order chi connectivity index (χ0) is 37.4. The molecular weight excluding hydrogens is 685 g/mol. The van der Waals surface area contributed by atoms with Crippen LogP contribution in [0, 0.1) is 6.92 Å². The first-order valence-corrected chi connectivity index (χ1v) is 19.7. The summed E-state index contributed by atoms with van der Waals surface area (Å²) < 4.78 is 0. The van der Waals surface area contributed by atoms with E-state index in [4.69, 9.17) is 9.97 Å². The number of nitrogens with zero attached hydrogens (tertiary/aromatic N) is 4. The maximum Gasteiger partial charge on any atom is 0.263 e. The van der Waals surface area contributed by atoms with Crippen molar-refractivity contribution < 1.29 is 19.2 Å². The summed E-state index contributed by atoms with van der Waals surface area (Å²) in [7, 11) is 0. The standard InChI is InChI=1S/C47H40N4O4/c1-27-24-48-43-40-33(29-16-8-3-9-17-29)23-35-38-36(47(55)51(46(35)54)31-20-12-5-13-21-31)25-49-44(42(38)40)39-32(28-14-6-2-7-15-28)22-34(37(27)41(39)43)45(53)50(26-52)30-18-10-4-11-19-30/h2-3,6-9,14-17,22-26,30-31H,4-5,10-13,18-21H2,1H3. The zero-order valence-electron chi connectivity index (χ0n) is 30.8. The molecule has 0 radical (unpaired) electrons. The minimum atomic E-state index is -0.322. The van der Waals surface area contributed by atoms with Crippen LogP contribution in [0.1, 0.15) is 101 Å². The van der Waals surface area contributed by atoms with Crippen molar-refractivity contribution in [2.45, 2.75) is 83.2 Å². The van der Waals surface area contributed by atoms with Gasteiger partial charge in [0.15, 0.2) is 0 Å². The Hall–Kier alpha value is -6.02.